The second-order valence-electron chi connectivity index (χ2n) is 5.71. The number of nitrogens with zero attached hydrogens (tertiary/aromatic N) is 2. The molecule has 0 amide bonds. The Bertz CT molecular complexity index is 875. The molecule has 0 saturated carbocycles. The minimum absolute atomic E-state index is 0.938. The molecule has 3 rings (SSSR count). The molecule has 3 aromatic rings. The third kappa shape index (κ3) is 3.30. The molecule has 0 bridgehead atoms. The number of para-hydroxylation sites is 1. The number of aromatic nitrogens is 1. The molecule has 0 spiro atoms. The topological polar surface area (TPSA) is 17.3 Å². The molecule has 1 heterocycles. The Kier molecular flexibility index (Phi) is 4.49. The van der Waals surface area contributed by atoms with Gasteiger partial charge in [0.2, 0.25) is 0 Å². The van der Waals surface area contributed by atoms with E-state index in [1.165, 1.54) is 22.6 Å². The van der Waals surface area contributed by atoms with Crippen LogP contribution in [0.1, 0.15) is 22.5 Å². The van der Waals surface area contributed by atoms with Crippen molar-refractivity contribution in [2.75, 3.05) is 0 Å². The average molecular weight is 367 g/mol. The van der Waals surface area contributed by atoms with E-state index in [-0.39, 0.29) is 0 Å². The van der Waals surface area contributed by atoms with Gasteiger partial charge in [0.15, 0.2) is 0 Å². The molecule has 116 valence electrons. The molecule has 23 heavy (non-hydrogen) atoms. The van der Waals surface area contributed by atoms with Gasteiger partial charge in [0.1, 0.15) is 0 Å². The van der Waals surface area contributed by atoms with E-state index in [1.807, 2.05) is 30.5 Å². The highest BCUT2D eigenvalue weighted by molar-refractivity contribution is 9.10. The lowest BCUT2D eigenvalue weighted by molar-refractivity contribution is 0.963. The lowest BCUT2D eigenvalue weighted by Crippen LogP contribution is -1.99. The van der Waals surface area contributed by atoms with Crippen molar-refractivity contribution in [3.8, 4) is 5.69 Å². The highest BCUT2D eigenvalue weighted by Crippen LogP contribution is 2.25. The molecule has 0 N–H and O–H groups in total. The normalized spacial score (nSPS) is 11.3. The quantitative estimate of drug-likeness (QED) is 0.512. The van der Waals surface area contributed by atoms with Gasteiger partial charge < -0.3 is 4.57 Å². The van der Waals surface area contributed by atoms with Crippen LogP contribution in [0.2, 0.25) is 0 Å². The zero-order valence-corrected chi connectivity index (χ0v) is 15.1. The van der Waals surface area contributed by atoms with Crippen molar-refractivity contribution in [2.45, 2.75) is 20.8 Å². The van der Waals surface area contributed by atoms with Crippen molar-refractivity contribution < 1.29 is 0 Å². The number of hydrogen-bond donors (Lipinski definition) is 0. The molecule has 0 saturated heterocycles. The fourth-order valence-corrected chi connectivity index (χ4v) is 3.17. The fourth-order valence-electron chi connectivity index (χ4n) is 2.78. The van der Waals surface area contributed by atoms with Crippen molar-refractivity contribution in [2.24, 2.45) is 4.99 Å². The number of aryl methyl sites for hydroxylation is 2. The first-order chi connectivity index (χ1) is 11.1. The first-order valence-electron chi connectivity index (χ1n) is 7.61. The van der Waals surface area contributed by atoms with Crippen molar-refractivity contribution in [1.82, 2.24) is 4.57 Å². The maximum Gasteiger partial charge on any atom is 0.0771 e. The Labute approximate surface area is 145 Å². The molecule has 0 aliphatic rings. The predicted octanol–water partition coefficient (Wildman–Crippen LogP) is 5.92. The standard InChI is InChI=1S/C20H19BrN2/c1-14-7-6-8-18(11-14)23-15(2)12-17(16(23)3)13-22-20-10-5-4-9-19(20)21/h4-13H,1-3H3. The Balaban J connectivity index is 2.00. The van der Waals surface area contributed by atoms with Crippen LogP contribution >= 0.6 is 15.9 Å². The summed E-state index contributed by atoms with van der Waals surface area (Å²) in [4.78, 5) is 4.62. The monoisotopic (exact) mass is 366 g/mol. The molecule has 3 heteroatoms. The van der Waals surface area contributed by atoms with Crippen LogP contribution < -0.4 is 0 Å². The van der Waals surface area contributed by atoms with E-state index in [2.05, 4.69) is 76.6 Å². The lowest BCUT2D eigenvalue weighted by atomic mass is 10.2. The molecule has 0 atom stereocenters. The third-order valence-corrected chi connectivity index (χ3v) is 4.60. The van der Waals surface area contributed by atoms with E-state index in [0.717, 1.165) is 15.7 Å². The van der Waals surface area contributed by atoms with E-state index < -0.39 is 0 Å². The summed E-state index contributed by atoms with van der Waals surface area (Å²) in [6, 6.07) is 18.7. The number of hydrogen-bond acceptors (Lipinski definition) is 1. The number of benzene rings is 2. The van der Waals surface area contributed by atoms with Crippen molar-refractivity contribution in [1.29, 1.82) is 0 Å². The maximum atomic E-state index is 4.62. The van der Waals surface area contributed by atoms with Crippen molar-refractivity contribution in [3.63, 3.8) is 0 Å². The predicted molar refractivity (Wildman–Crippen MR) is 101 cm³/mol. The Morgan fingerprint density at radius 3 is 2.48 bits per heavy atom. The summed E-state index contributed by atoms with van der Waals surface area (Å²) >= 11 is 3.53. The van der Waals surface area contributed by atoms with E-state index >= 15 is 0 Å². The van der Waals surface area contributed by atoms with Crippen LogP contribution in [0.25, 0.3) is 5.69 Å². The lowest BCUT2D eigenvalue weighted by Gasteiger charge is -2.10. The van der Waals surface area contributed by atoms with Gasteiger partial charge in [-0.15, -0.1) is 0 Å². The zero-order valence-electron chi connectivity index (χ0n) is 13.5. The van der Waals surface area contributed by atoms with Crippen molar-refractivity contribution in [3.05, 3.63) is 81.6 Å². The summed E-state index contributed by atoms with van der Waals surface area (Å²) in [6.45, 7) is 6.38. The second kappa shape index (κ2) is 6.55. The molecule has 2 nitrogen and oxygen atoms in total. The first-order valence-corrected chi connectivity index (χ1v) is 8.40. The maximum absolute atomic E-state index is 4.62. The van der Waals surface area contributed by atoms with Crippen molar-refractivity contribution >= 4 is 27.8 Å². The van der Waals surface area contributed by atoms with Crippen LogP contribution in [-0.4, -0.2) is 10.8 Å². The van der Waals surface area contributed by atoms with Gasteiger partial charge in [0.25, 0.3) is 0 Å². The summed E-state index contributed by atoms with van der Waals surface area (Å²) in [7, 11) is 0. The van der Waals surface area contributed by atoms with Gasteiger partial charge in [-0.3, -0.25) is 4.99 Å². The van der Waals surface area contributed by atoms with Crippen LogP contribution in [0.3, 0.4) is 0 Å². The van der Waals surface area contributed by atoms with E-state index in [4.69, 9.17) is 0 Å². The molecule has 0 fully saturated rings. The SMILES string of the molecule is Cc1cccc(-n2c(C)cc(C=Nc3ccccc3Br)c2C)c1. The summed E-state index contributed by atoms with van der Waals surface area (Å²) in [5.41, 5.74) is 6.94. The Hall–Kier alpha value is -2.13. The molecule has 0 unspecified atom stereocenters. The van der Waals surface area contributed by atoms with Crippen LogP contribution in [0.15, 0.2) is 64.1 Å². The molecular weight excluding hydrogens is 348 g/mol. The van der Waals surface area contributed by atoms with Crippen LogP contribution in [0.4, 0.5) is 5.69 Å². The summed E-state index contributed by atoms with van der Waals surface area (Å²) in [5.74, 6) is 0. The van der Waals surface area contributed by atoms with Crippen LogP contribution in [0.5, 0.6) is 0 Å². The smallest absolute Gasteiger partial charge is 0.0771 e. The summed E-state index contributed by atoms with van der Waals surface area (Å²) < 4.78 is 3.28. The second-order valence-corrected chi connectivity index (χ2v) is 6.56. The molecule has 2 aromatic carbocycles. The van der Waals surface area contributed by atoms with Gasteiger partial charge in [0.05, 0.1) is 5.69 Å². The summed E-state index contributed by atoms with van der Waals surface area (Å²) in [5, 5.41) is 0. The average Bonchev–Trinajstić information content (AvgIpc) is 2.81. The van der Waals surface area contributed by atoms with E-state index in [1.54, 1.807) is 0 Å². The number of halogens is 1. The highest BCUT2D eigenvalue weighted by Gasteiger charge is 2.09. The van der Waals surface area contributed by atoms with Crippen LogP contribution in [-0.2, 0) is 0 Å². The van der Waals surface area contributed by atoms with E-state index in [0.29, 0.717) is 0 Å². The fraction of sp³-hybridized carbons (Fsp3) is 0.150. The van der Waals surface area contributed by atoms with Gasteiger partial charge in [-0.25, -0.2) is 0 Å². The number of aliphatic imine (C=N–C) groups is 1. The Morgan fingerprint density at radius 1 is 0.957 bits per heavy atom. The third-order valence-electron chi connectivity index (χ3n) is 3.93. The number of rotatable bonds is 3. The zero-order chi connectivity index (χ0) is 16.4. The molecule has 0 radical (unpaired) electrons. The molecule has 0 aliphatic carbocycles. The largest absolute Gasteiger partial charge is 0.318 e. The summed E-state index contributed by atoms with van der Waals surface area (Å²) in [6.07, 6.45) is 1.94. The van der Waals surface area contributed by atoms with Crippen LogP contribution in [0, 0.1) is 20.8 Å². The minimum Gasteiger partial charge on any atom is -0.318 e. The molecule has 1 aromatic heterocycles. The van der Waals surface area contributed by atoms with Gasteiger partial charge in [-0.1, -0.05) is 24.3 Å². The van der Waals surface area contributed by atoms with E-state index in [9.17, 15) is 0 Å². The van der Waals surface area contributed by atoms with Gasteiger partial charge >= 0.3 is 0 Å². The highest BCUT2D eigenvalue weighted by atomic mass is 79.9. The van der Waals surface area contributed by atoms with Gasteiger partial charge in [0, 0.05) is 33.3 Å². The first kappa shape index (κ1) is 15.8. The molecule has 0 aliphatic heterocycles. The van der Waals surface area contributed by atoms with Gasteiger partial charge in [-0.2, -0.15) is 0 Å². The molecular formula is C20H19BrN2. The van der Waals surface area contributed by atoms with Gasteiger partial charge in [-0.05, 0) is 72.6 Å². The minimum atomic E-state index is 0.938. The Morgan fingerprint density at radius 2 is 1.74 bits per heavy atom.